The summed E-state index contributed by atoms with van der Waals surface area (Å²) < 4.78 is 15.6. The molecule has 3 aromatic rings. The third kappa shape index (κ3) is 3.58. The van der Waals surface area contributed by atoms with Crippen LogP contribution in [0.1, 0.15) is 48.8 Å². The molecule has 0 bridgehead atoms. The summed E-state index contributed by atoms with van der Waals surface area (Å²) in [6, 6.07) is 6.58. The van der Waals surface area contributed by atoms with Crippen LogP contribution in [-0.2, 0) is 10.2 Å². The minimum absolute atomic E-state index is 0.162. The highest BCUT2D eigenvalue weighted by atomic mass is 35.5. The second-order valence-corrected chi connectivity index (χ2v) is 8.68. The van der Waals surface area contributed by atoms with E-state index in [2.05, 4.69) is 0 Å². The van der Waals surface area contributed by atoms with Crippen molar-refractivity contribution < 1.29 is 24.2 Å². The molecule has 2 N–H and O–H groups in total. The number of benzene rings is 2. The largest absolute Gasteiger partial charge is 0.505 e. The summed E-state index contributed by atoms with van der Waals surface area (Å²) in [5.74, 6) is -3.44. The van der Waals surface area contributed by atoms with E-state index >= 15 is 0 Å². The lowest BCUT2D eigenvalue weighted by Crippen LogP contribution is -2.39. The summed E-state index contributed by atoms with van der Waals surface area (Å²) in [6.07, 6.45) is 0.558. The molecule has 0 aliphatic heterocycles. The molecule has 0 aliphatic carbocycles. The van der Waals surface area contributed by atoms with Gasteiger partial charge in [-0.1, -0.05) is 43.5 Å². The van der Waals surface area contributed by atoms with Gasteiger partial charge in [0.2, 0.25) is 0 Å². The molecule has 1 unspecified atom stereocenters. The Balaban J connectivity index is 2.42. The highest BCUT2D eigenvalue weighted by Gasteiger charge is 2.44. The minimum Gasteiger partial charge on any atom is -0.505 e. The van der Waals surface area contributed by atoms with E-state index in [-0.39, 0.29) is 27.0 Å². The number of carbonyl (C=O) groups is 2. The van der Waals surface area contributed by atoms with Crippen LogP contribution in [0.15, 0.2) is 30.3 Å². The van der Waals surface area contributed by atoms with Gasteiger partial charge < -0.3 is 10.2 Å². The highest BCUT2D eigenvalue weighted by Crippen LogP contribution is 2.43. The normalized spacial score (nSPS) is 14.4. The van der Waals surface area contributed by atoms with Gasteiger partial charge in [-0.05, 0) is 49.6 Å². The summed E-state index contributed by atoms with van der Waals surface area (Å²) >= 11 is 12.0. The number of carboxylic acids is 1. The van der Waals surface area contributed by atoms with Crippen molar-refractivity contribution in [1.29, 1.82) is 0 Å². The van der Waals surface area contributed by atoms with E-state index in [1.807, 2.05) is 6.92 Å². The molecule has 0 amide bonds. The highest BCUT2D eigenvalue weighted by molar-refractivity contribution is 6.42. The van der Waals surface area contributed by atoms with E-state index in [1.165, 1.54) is 28.8 Å². The van der Waals surface area contributed by atoms with E-state index < -0.39 is 28.9 Å². The van der Waals surface area contributed by atoms with Crippen molar-refractivity contribution in [2.24, 2.45) is 5.92 Å². The number of hydrogen-bond donors (Lipinski definition) is 2. The van der Waals surface area contributed by atoms with Crippen LogP contribution in [0, 0.1) is 18.7 Å². The first-order valence-corrected chi connectivity index (χ1v) is 10.5. The number of nitrogens with zero attached hydrogens (tertiary/aromatic N) is 1. The third-order valence-corrected chi connectivity index (χ3v) is 6.94. The van der Waals surface area contributed by atoms with Crippen molar-refractivity contribution in [3.8, 4) is 5.75 Å². The van der Waals surface area contributed by atoms with Crippen molar-refractivity contribution in [2.75, 3.05) is 0 Å². The zero-order valence-corrected chi connectivity index (χ0v) is 19.0. The van der Waals surface area contributed by atoms with E-state index in [4.69, 9.17) is 23.2 Å². The number of phenols is 1. The van der Waals surface area contributed by atoms with Crippen molar-refractivity contribution in [2.45, 2.75) is 39.5 Å². The molecule has 5 nitrogen and oxygen atoms in total. The molecule has 0 aliphatic rings. The lowest BCUT2D eigenvalue weighted by atomic mass is 9.70. The molecule has 1 aromatic heterocycles. The summed E-state index contributed by atoms with van der Waals surface area (Å²) in [5, 5.41) is 20.9. The Bertz CT molecular complexity index is 1220. The molecule has 164 valence electrons. The molecule has 0 spiro atoms. The number of fused-ring (bicyclic) bond motifs is 1. The predicted octanol–water partition coefficient (Wildman–Crippen LogP) is 6.18. The molecule has 2 aromatic carbocycles. The standard InChI is InChI=1S/C23H22Cl2FNO4/c1-5-11(2)23(4,22(30)31)20-12(3)27(18-10-17(26)19(28)9-14(18)20)21(29)13-6-7-15(24)16(25)8-13/h6-11,28H,5H2,1-4H3,(H,30,31)/t11?,23-/m1/s1. The number of carboxylic acid groups (broad SMARTS) is 1. The first-order chi connectivity index (χ1) is 14.4. The summed E-state index contributed by atoms with van der Waals surface area (Å²) in [5.41, 5.74) is -0.316. The lowest BCUT2D eigenvalue weighted by molar-refractivity contribution is -0.145. The van der Waals surface area contributed by atoms with Gasteiger partial charge in [-0.25, -0.2) is 4.39 Å². The van der Waals surface area contributed by atoms with Gasteiger partial charge in [0, 0.05) is 22.7 Å². The quantitative estimate of drug-likeness (QED) is 0.471. The lowest BCUT2D eigenvalue weighted by Gasteiger charge is -2.32. The van der Waals surface area contributed by atoms with Crippen LogP contribution in [0.4, 0.5) is 4.39 Å². The molecule has 0 fully saturated rings. The van der Waals surface area contributed by atoms with Crippen molar-refractivity contribution in [1.82, 2.24) is 4.57 Å². The van der Waals surface area contributed by atoms with Crippen LogP contribution in [0.5, 0.6) is 5.75 Å². The van der Waals surface area contributed by atoms with Crippen molar-refractivity contribution >= 4 is 46.0 Å². The summed E-state index contributed by atoms with van der Waals surface area (Å²) in [6.45, 7) is 6.88. The number of aromatic nitrogens is 1. The third-order valence-electron chi connectivity index (χ3n) is 6.20. The second-order valence-electron chi connectivity index (χ2n) is 7.87. The Morgan fingerprint density at radius 3 is 2.39 bits per heavy atom. The molecule has 0 saturated heterocycles. The number of rotatable bonds is 5. The number of aliphatic carboxylic acids is 1. The number of carbonyl (C=O) groups excluding carboxylic acids is 1. The Hall–Kier alpha value is -2.57. The average molecular weight is 466 g/mol. The predicted molar refractivity (Wildman–Crippen MR) is 119 cm³/mol. The molecule has 8 heteroatoms. The molecule has 0 radical (unpaired) electrons. The average Bonchev–Trinajstić information content (AvgIpc) is 2.99. The van der Waals surface area contributed by atoms with E-state index in [9.17, 15) is 24.2 Å². The smallest absolute Gasteiger partial charge is 0.314 e. The fourth-order valence-corrected chi connectivity index (χ4v) is 4.37. The van der Waals surface area contributed by atoms with Gasteiger partial charge in [0.05, 0.1) is 21.0 Å². The molecule has 3 rings (SSSR count). The van der Waals surface area contributed by atoms with Gasteiger partial charge in [0.1, 0.15) is 0 Å². The molecular weight excluding hydrogens is 444 g/mol. The van der Waals surface area contributed by atoms with Crippen LogP contribution in [0.3, 0.4) is 0 Å². The zero-order valence-electron chi connectivity index (χ0n) is 17.5. The SMILES string of the molecule is CCC(C)[C@@](C)(C(=O)O)c1c(C)n(C(=O)c2ccc(Cl)c(Cl)c2)c2cc(F)c(O)cc12. The van der Waals surface area contributed by atoms with E-state index in [0.29, 0.717) is 23.1 Å². The van der Waals surface area contributed by atoms with Gasteiger partial charge in [-0.15, -0.1) is 0 Å². The summed E-state index contributed by atoms with van der Waals surface area (Å²) in [7, 11) is 0. The molecular formula is C23H22Cl2FNO4. The minimum atomic E-state index is -1.38. The second kappa shape index (κ2) is 8.17. The Morgan fingerprint density at radius 1 is 1.19 bits per heavy atom. The maximum atomic E-state index is 14.3. The van der Waals surface area contributed by atoms with Crippen LogP contribution in [0.2, 0.25) is 10.0 Å². The Morgan fingerprint density at radius 2 is 1.84 bits per heavy atom. The number of aromatic hydroxyl groups is 1. The van der Waals surface area contributed by atoms with Gasteiger partial charge >= 0.3 is 5.97 Å². The summed E-state index contributed by atoms with van der Waals surface area (Å²) in [4.78, 5) is 25.9. The maximum Gasteiger partial charge on any atom is 0.314 e. The Labute approximate surface area is 189 Å². The van der Waals surface area contributed by atoms with Gasteiger partial charge in [-0.2, -0.15) is 0 Å². The molecule has 31 heavy (non-hydrogen) atoms. The topological polar surface area (TPSA) is 79.5 Å². The van der Waals surface area contributed by atoms with Crippen molar-refractivity contribution in [3.63, 3.8) is 0 Å². The molecule has 1 heterocycles. The van der Waals surface area contributed by atoms with Crippen LogP contribution in [-0.4, -0.2) is 26.7 Å². The molecule has 0 saturated carbocycles. The number of hydrogen-bond acceptors (Lipinski definition) is 3. The first kappa shape index (κ1) is 23.1. The number of phenolic OH excluding ortho intramolecular Hbond substituents is 1. The maximum absolute atomic E-state index is 14.3. The van der Waals surface area contributed by atoms with Gasteiger partial charge in [0.15, 0.2) is 11.6 Å². The molecule has 2 atom stereocenters. The van der Waals surface area contributed by atoms with Crippen LogP contribution < -0.4 is 0 Å². The van der Waals surface area contributed by atoms with E-state index in [0.717, 1.165) is 6.07 Å². The van der Waals surface area contributed by atoms with Crippen LogP contribution >= 0.6 is 23.2 Å². The van der Waals surface area contributed by atoms with Gasteiger partial charge in [0.25, 0.3) is 5.91 Å². The first-order valence-electron chi connectivity index (χ1n) is 9.72. The monoisotopic (exact) mass is 465 g/mol. The van der Waals surface area contributed by atoms with Crippen molar-refractivity contribution in [3.05, 3.63) is 63.0 Å². The van der Waals surface area contributed by atoms with Crippen LogP contribution in [0.25, 0.3) is 10.9 Å². The fraction of sp³-hybridized carbons (Fsp3) is 0.304. The van der Waals surface area contributed by atoms with E-state index in [1.54, 1.807) is 20.8 Å². The fourth-order valence-electron chi connectivity index (χ4n) is 4.07. The van der Waals surface area contributed by atoms with Gasteiger partial charge in [-0.3, -0.25) is 14.2 Å². The zero-order chi connectivity index (χ0) is 23.2. The number of halogens is 3. The Kier molecular flexibility index (Phi) is 6.09.